The molecule has 0 atom stereocenters. The molecule has 1 heterocycles. The summed E-state index contributed by atoms with van der Waals surface area (Å²) in [6.07, 6.45) is 0.592. The fourth-order valence-corrected chi connectivity index (χ4v) is 12.0. The summed E-state index contributed by atoms with van der Waals surface area (Å²) in [5.74, 6) is -0.440. The number of amides is 2. The number of benzene rings is 4. The molecule has 1 aliphatic rings. The Labute approximate surface area is 201 Å². The molecule has 0 radical (unpaired) electrons. The molecule has 1 aliphatic heterocycles. The molecule has 0 bridgehead atoms. The minimum absolute atomic E-state index is 0.220. The van der Waals surface area contributed by atoms with Crippen LogP contribution in [0.15, 0.2) is 115 Å². The van der Waals surface area contributed by atoms with Crippen LogP contribution in [0.1, 0.15) is 20.7 Å². The van der Waals surface area contributed by atoms with Crippen molar-refractivity contribution in [1.82, 2.24) is 4.90 Å². The van der Waals surface area contributed by atoms with E-state index in [0.717, 1.165) is 15.9 Å². The van der Waals surface area contributed by atoms with Crippen LogP contribution in [0.5, 0.6) is 0 Å². The van der Waals surface area contributed by atoms with Gasteiger partial charge in [-0.15, -0.1) is 0 Å². The normalized spacial score (nSPS) is 14.6. The maximum absolute atomic E-state index is 13.1. The number of carbonyl (C=O) groups is 2. The molecule has 5 heteroatoms. The monoisotopic (exact) mass is 515 g/mol. The van der Waals surface area contributed by atoms with Crippen molar-refractivity contribution < 1.29 is 9.59 Å². The first-order chi connectivity index (χ1) is 16.0. The molecule has 0 unspecified atom stereocenters. The van der Waals surface area contributed by atoms with E-state index in [4.69, 9.17) is 0 Å². The Morgan fingerprint density at radius 2 is 0.879 bits per heavy atom. The maximum atomic E-state index is 13.1. The number of halogens is 1. The van der Waals surface area contributed by atoms with Gasteiger partial charge in [-0.1, -0.05) is 0 Å². The van der Waals surface area contributed by atoms with Crippen LogP contribution in [0.3, 0.4) is 0 Å². The molecule has 5 rings (SSSR count). The van der Waals surface area contributed by atoms with Crippen molar-refractivity contribution >= 4 is 48.5 Å². The molecule has 0 N–H and O–H groups in total. The SMILES string of the molecule is O=C1c2ccccc2C(=O)N1CCP(Br)(c1ccccc1)(c1ccccc1)c1ccccc1. The van der Waals surface area contributed by atoms with Crippen LogP contribution in [0.25, 0.3) is 0 Å². The molecular weight excluding hydrogens is 493 g/mol. The van der Waals surface area contributed by atoms with Crippen LogP contribution in [-0.4, -0.2) is 29.4 Å². The van der Waals surface area contributed by atoms with E-state index in [1.165, 1.54) is 4.90 Å². The predicted molar refractivity (Wildman–Crippen MR) is 141 cm³/mol. The third-order valence-electron chi connectivity index (χ3n) is 6.51. The van der Waals surface area contributed by atoms with Crippen molar-refractivity contribution in [3.8, 4) is 0 Å². The first-order valence-electron chi connectivity index (χ1n) is 10.9. The van der Waals surface area contributed by atoms with Gasteiger partial charge in [0.2, 0.25) is 0 Å². The van der Waals surface area contributed by atoms with E-state index in [9.17, 15) is 9.59 Å². The fraction of sp³-hybridized carbons (Fsp3) is 0.0714. The van der Waals surface area contributed by atoms with Crippen LogP contribution in [0.2, 0.25) is 0 Å². The summed E-state index contributed by atoms with van der Waals surface area (Å²) >= 11 is 4.38. The molecule has 0 fully saturated rings. The van der Waals surface area contributed by atoms with Gasteiger partial charge in [0.15, 0.2) is 0 Å². The molecule has 4 aromatic carbocycles. The Hall–Kier alpha value is -3.07. The van der Waals surface area contributed by atoms with Gasteiger partial charge in [-0.3, -0.25) is 0 Å². The molecular formula is C28H23BrNO2P. The Balaban J connectivity index is 1.67. The van der Waals surface area contributed by atoms with Gasteiger partial charge in [-0.05, 0) is 0 Å². The van der Waals surface area contributed by atoms with Crippen LogP contribution >= 0.6 is 20.8 Å². The third kappa shape index (κ3) is 3.37. The molecule has 0 saturated carbocycles. The van der Waals surface area contributed by atoms with Crippen molar-refractivity contribution in [1.29, 1.82) is 0 Å². The number of fused-ring (bicyclic) bond motifs is 1. The van der Waals surface area contributed by atoms with Crippen molar-refractivity contribution in [2.24, 2.45) is 0 Å². The second-order valence-electron chi connectivity index (χ2n) is 8.22. The first-order valence-corrected chi connectivity index (χ1v) is 15.3. The van der Waals surface area contributed by atoms with Gasteiger partial charge in [0.1, 0.15) is 0 Å². The van der Waals surface area contributed by atoms with E-state index >= 15 is 0 Å². The molecule has 164 valence electrons. The Bertz CT molecular complexity index is 1190. The number of imide groups is 1. The zero-order chi connectivity index (χ0) is 22.9. The van der Waals surface area contributed by atoms with Gasteiger partial charge in [-0.25, -0.2) is 0 Å². The Morgan fingerprint density at radius 3 is 1.24 bits per heavy atom. The molecule has 2 amide bonds. The number of nitrogens with zero attached hydrogens (tertiary/aromatic N) is 1. The predicted octanol–water partition coefficient (Wildman–Crippen LogP) is 5.12. The summed E-state index contributed by atoms with van der Waals surface area (Å²) in [4.78, 5) is 27.7. The van der Waals surface area contributed by atoms with Crippen LogP contribution < -0.4 is 15.9 Å². The number of hydrogen-bond acceptors (Lipinski definition) is 2. The van der Waals surface area contributed by atoms with E-state index in [2.05, 4.69) is 51.9 Å². The number of carbonyl (C=O) groups excluding carboxylic acids is 2. The summed E-state index contributed by atoms with van der Waals surface area (Å²) in [5, 5.41) is 0.287. The molecule has 0 saturated heterocycles. The van der Waals surface area contributed by atoms with Crippen LogP contribution in [0.4, 0.5) is 0 Å². The topological polar surface area (TPSA) is 37.4 Å². The first kappa shape index (κ1) is 21.8. The van der Waals surface area contributed by atoms with Crippen molar-refractivity contribution in [3.63, 3.8) is 0 Å². The second kappa shape index (κ2) is 8.37. The van der Waals surface area contributed by atoms with Crippen molar-refractivity contribution in [2.45, 2.75) is 0 Å². The molecule has 4 aromatic rings. The average molecular weight is 516 g/mol. The molecule has 33 heavy (non-hydrogen) atoms. The van der Waals surface area contributed by atoms with Gasteiger partial charge in [-0.2, -0.15) is 0 Å². The standard InChI is InChI=1S/C28H23BrNO2P/c29-33(22-12-4-1-5-13-22,23-14-6-2-7-15-23,24-16-8-3-9-17-24)21-20-30-27(31)25-18-10-11-19-26(25)28(30)32/h1-19H,20-21H2. The van der Waals surface area contributed by atoms with E-state index in [1.54, 1.807) is 24.3 Å². The fourth-order valence-electron chi connectivity index (χ4n) is 4.78. The van der Waals surface area contributed by atoms with E-state index < -0.39 is 5.31 Å². The molecule has 0 spiro atoms. The summed E-state index contributed by atoms with van der Waals surface area (Å²) < 4.78 is 0. The van der Waals surface area contributed by atoms with Gasteiger partial charge < -0.3 is 0 Å². The third-order valence-corrected chi connectivity index (χ3v) is 16.4. The van der Waals surface area contributed by atoms with Gasteiger partial charge >= 0.3 is 202 Å². The summed E-state index contributed by atoms with van der Waals surface area (Å²) in [6, 6.07) is 38.3. The second-order valence-corrected chi connectivity index (χ2v) is 17.3. The summed E-state index contributed by atoms with van der Waals surface area (Å²) in [5.41, 5.74) is 0.966. The Kier molecular flexibility index (Phi) is 5.52. The number of hydrogen-bond donors (Lipinski definition) is 0. The van der Waals surface area contributed by atoms with Gasteiger partial charge in [0.25, 0.3) is 0 Å². The average Bonchev–Trinajstić information content (AvgIpc) is 3.14. The van der Waals surface area contributed by atoms with Crippen molar-refractivity contribution in [2.75, 3.05) is 12.7 Å². The summed E-state index contributed by atoms with van der Waals surface area (Å²) in [6.45, 7) is 0.314. The van der Waals surface area contributed by atoms with E-state index in [-0.39, 0.29) is 11.8 Å². The summed E-state index contributed by atoms with van der Waals surface area (Å²) in [7, 11) is 0. The molecule has 0 aromatic heterocycles. The van der Waals surface area contributed by atoms with E-state index in [0.29, 0.717) is 23.8 Å². The van der Waals surface area contributed by atoms with Gasteiger partial charge in [0.05, 0.1) is 0 Å². The minimum atomic E-state index is -3.21. The zero-order valence-electron chi connectivity index (χ0n) is 18.0. The van der Waals surface area contributed by atoms with E-state index in [1.807, 2.05) is 54.6 Å². The van der Waals surface area contributed by atoms with Gasteiger partial charge in [0, 0.05) is 0 Å². The van der Waals surface area contributed by atoms with Crippen LogP contribution in [0, 0.1) is 0 Å². The zero-order valence-corrected chi connectivity index (χ0v) is 20.5. The van der Waals surface area contributed by atoms with Crippen molar-refractivity contribution in [3.05, 3.63) is 126 Å². The molecule has 0 aliphatic carbocycles. The van der Waals surface area contributed by atoms with Crippen LogP contribution in [-0.2, 0) is 0 Å². The quantitative estimate of drug-likeness (QED) is 0.264. The Morgan fingerprint density at radius 1 is 0.545 bits per heavy atom. The molecule has 3 nitrogen and oxygen atoms in total. The number of rotatable bonds is 6.